The van der Waals surface area contributed by atoms with Crippen LogP contribution in [0.2, 0.25) is 0 Å². The zero-order valence-corrected chi connectivity index (χ0v) is 14.6. The summed E-state index contributed by atoms with van der Waals surface area (Å²) >= 11 is 0. The lowest BCUT2D eigenvalue weighted by atomic mass is 10.0. The Bertz CT molecular complexity index is 574. The summed E-state index contributed by atoms with van der Waals surface area (Å²) in [6.07, 6.45) is 0.716. The SMILES string of the molecule is CCC(C(=O)Nc1c(C)cc(C)cc1C(=O)OC)[N+](C)(C)C. The highest BCUT2D eigenvalue weighted by atomic mass is 16.5. The average Bonchev–Trinajstić information content (AvgIpc) is 2.39. The molecule has 0 aliphatic carbocycles. The molecule has 1 aromatic rings. The smallest absolute Gasteiger partial charge is 0.339 e. The molecule has 1 rings (SSSR count). The topological polar surface area (TPSA) is 55.4 Å². The van der Waals surface area contributed by atoms with Crippen molar-refractivity contribution < 1.29 is 18.8 Å². The second-order valence-corrected chi connectivity index (χ2v) is 6.53. The Morgan fingerprint density at radius 2 is 1.82 bits per heavy atom. The lowest BCUT2D eigenvalue weighted by Gasteiger charge is -2.32. The van der Waals surface area contributed by atoms with Crippen LogP contribution in [0.1, 0.15) is 34.8 Å². The minimum Gasteiger partial charge on any atom is -0.465 e. The van der Waals surface area contributed by atoms with Crippen LogP contribution in [0.25, 0.3) is 0 Å². The van der Waals surface area contributed by atoms with E-state index in [9.17, 15) is 9.59 Å². The number of nitrogens with one attached hydrogen (secondary N) is 1. The van der Waals surface area contributed by atoms with Crippen molar-refractivity contribution >= 4 is 17.6 Å². The fraction of sp³-hybridized carbons (Fsp3) is 0.529. The van der Waals surface area contributed by atoms with Crippen LogP contribution < -0.4 is 5.32 Å². The van der Waals surface area contributed by atoms with Crippen LogP contribution in [0.5, 0.6) is 0 Å². The predicted molar refractivity (Wildman–Crippen MR) is 88.0 cm³/mol. The maximum Gasteiger partial charge on any atom is 0.339 e. The van der Waals surface area contributed by atoms with E-state index in [1.54, 1.807) is 6.07 Å². The van der Waals surface area contributed by atoms with E-state index in [-0.39, 0.29) is 11.9 Å². The Balaban J connectivity index is 3.22. The van der Waals surface area contributed by atoms with Crippen molar-refractivity contribution in [2.75, 3.05) is 33.6 Å². The largest absolute Gasteiger partial charge is 0.465 e. The van der Waals surface area contributed by atoms with Crippen LogP contribution in [-0.2, 0) is 9.53 Å². The molecule has 1 aromatic carbocycles. The van der Waals surface area contributed by atoms with Crippen LogP contribution in [-0.4, -0.2) is 50.7 Å². The number of hydrogen-bond donors (Lipinski definition) is 1. The molecular formula is C17H27N2O3+. The van der Waals surface area contributed by atoms with Crippen LogP contribution in [0.4, 0.5) is 5.69 Å². The van der Waals surface area contributed by atoms with Crippen LogP contribution >= 0.6 is 0 Å². The number of likely N-dealkylation sites (N-methyl/N-ethyl adjacent to an activating group) is 1. The second-order valence-electron chi connectivity index (χ2n) is 6.53. The third kappa shape index (κ3) is 4.07. The monoisotopic (exact) mass is 307 g/mol. The lowest BCUT2D eigenvalue weighted by molar-refractivity contribution is -0.886. The molecule has 1 N–H and O–H groups in total. The number of ether oxygens (including phenoxy) is 1. The molecule has 122 valence electrons. The second kappa shape index (κ2) is 6.92. The number of carbonyl (C=O) groups is 2. The normalized spacial score (nSPS) is 12.7. The van der Waals surface area contributed by atoms with Crippen LogP contribution in [0.3, 0.4) is 0 Å². The molecule has 0 bridgehead atoms. The summed E-state index contributed by atoms with van der Waals surface area (Å²) in [6, 6.07) is 3.49. The van der Waals surface area contributed by atoms with Crippen molar-refractivity contribution in [2.45, 2.75) is 33.2 Å². The zero-order chi connectivity index (χ0) is 17.1. The van der Waals surface area contributed by atoms with Gasteiger partial charge in [0.05, 0.1) is 39.5 Å². The Morgan fingerprint density at radius 1 is 1.23 bits per heavy atom. The summed E-state index contributed by atoms with van der Waals surface area (Å²) in [4.78, 5) is 24.6. The Morgan fingerprint density at radius 3 is 2.27 bits per heavy atom. The number of hydrogen-bond acceptors (Lipinski definition) is 3. The zero-order valence-electron chi connectivity index (χ0n) is 14.6. The summed E-state index contributed by atoms with van der Waals surface area (Å²) < 4.78 is 5.36. The van der Waals surface area contributed by atoms with E-state index in [1.165, 1.54) is 7.11 Å². The molecule has 0 spiro atoms. The number of nitrogens with zero attached hydrogens (tertiary/aromatic N) is 1. The summed E-state index contributed by atoms with van der Waals surface area (Å²) in [5.74, 6) is -0.535. The highest BCUT2D eigenvalue weighted by Gasteiger charge is 2.31. The van der Waals surface area contributed by atoms with Gasteiger partial charge in [-0.3, -0.25) is 4.79 Å². The minimum absolute atomic E-state index is 0.0906. The van der Waals surface area contributed by atoms with Gasteiger partial charge in [0.1, 0.15) is 0 Å². The fourth-order valence-electron chi connectivity index (χ4n) is 2.70. The van der Waals surface area contributed by atoms with E-state index < -0.39 is 5.97 Å². The summed E-state index contributed by atoms with van der Waals surface area (Å²) in [7, 11) is 7.29. The van der Waals surface area contributed by atoms with Crippen molar-refractivity contribution in [3.05, 3.63) is 28.8 Å². The molecule has 0 aliphatic heterocycles. The van der Waals surface area contributed by atoms with Gasteiger partial charge in [0.2, 0.25) is 0 Å². The number of aryl methyl sites for hydroxylation is 2. The molecule has 0 heterocycles. The number of anilines is 1. The lowest BCUT2D eigenvalue weighted by Crippen LogP contribution is -2.51. The maximum absolute atomic E-state index is 12.6. The first kappa shape index (κ1) is 18.2. The number of quaternary nitrogens is 1. The van der Waals surface area contributed by atoms with Crippen molar-refractivity contribution in [2.24, 2.45) is 0 Å². The molecular weight excluding hydrogens is 280 g/mol. The van der Waals surface area contributed by atoms with E-state index in [0.717, 1.165) is 11.1 Å². The first-order valence-corrected chi connectivity index (χ1v) is 7.43. The molecule has 0 fully saturated rings. The van der Waals surface area contributed by atoms with E-state index in [0.29, 0.717) is 22.2 Å². The van der Waals surface area contributed by atoms with Crippen molar-refractivity contribution in [3.8, 4) is 0 Å². The number of rotatable bonds is 5. The number of benzene rings is 1. The molecule has 5 heteroatoms. The van der Waals surface area contributed by atoms with E-state index in [1.807, 2.05) is 48.0 Å². The molecule has 0 radical (unpaired) electrons. The van der Waals surface area contributed by atoms with Gasteiger partial charge >= 0.3 is 5.97 Å². The first-order chi connectivity index (χ1) is 10.1. The van der Waals surface area contributed by atoms with Crippen molar-refractivity contribution in [1.82, 2.24) is 0 Å². The average molecular weight is 307 g/mol. The molecule has 1 amide bonds. The molecule has 1 atom stereocenters. The van der Waals surface area contributed by atoms with Crippen molar-refractivity contribution in [1.29, 1.82) is 0 Å². The third-order valence-electron chi connectivity index (χ3n) is 3.76. The highest BCUT2D eigenvalue weighted by Crippen LogP contribution is 2.24. The summed E-state index contributed by atoms with van der Waals surface area (Å²) in [5.41, 5.74) is 2.73. The molecule has 22 heavy (non-hydrogen) atoms. The standard InChI is InChI=1S/C17H26N2O3/c1-8-14(19(4,5)6)16(20)18-15-12(3)9-11(2)10-13(15)17(21)22-7/h9-10,14H,8H2,1-7H3/p+1. The predicted octanol–water partition coefficient (Wildman–Crippen LogP) is 2.51. The van der Waals surface area contributed by atoms with Gasteiger partial charge in [-0.05, 0) is 31.0 Å². The first-order valence-electron chi connectivity index (χ1n) is 7.43. The van der Waals surface area contributed by atoms with E-state index >= 15 is 0 Å². The number of carbonyl (C=O) groups excluding carboxylic acids is 2. The molecule has 5 nitrogen and oxygen atoms in total. The van der Waals surface area contributed by atoms with Gasteiger partial charge < -0.3 is 14.5 Å². The molecule has 0 aromatic heterocycles. The van der Waals surface area contributed by atoms with Gasteiger partial charge in [-0.15, -0.1) is 0 Å². The number of amides is 1. The van der Waals surface area contributed by atoms with Crippen molar-refractivity contribution in [3.63, 3.8) is 0 Å². The summed E-state index contributed by atoms with van der Waals surface area (Å²) in [5, 5.41) is 2.92. The molecule has 0 aliphatic rings. The highest BCUT2D eigenvalue weighted by molar-refractivity contribution is 6.03. The number of esters is 1. The summed E-state index contributed by atoms with van der Waals surface area (Å²) in [6.45, 7) is 5.77. The quantitative estimate of drug-likeness (QED) is 0.672. The van der Waals surface area contributed by atoms with Crippen LogP contribution in [0.15, 0.2) is 12.1 Å². The molecule has 1 unspecified atom stereocenters. The van der Waals surface area contributed by atoms with Crippen LogP contribution in [0, 0.1) is 13.8 Å². The van der Waals surface area contributed by atoms with Gasteiger partial charge in [0, 0.05) is 6.42 Å². The fourth-order valence-corrected chi connectivity index (χ4v) is 2.70. The minimum atomic E-state index is -0.444. The van der Waals surface area contributed by atoms with Gasteiger partial charge in [-0.2, -0.15) is 0 Å². The Hall–Kier alpha value is -1.88. The number of methoxy groups -OCH3 is 1. The van der Waals surface area contributed by atoms with Gasteiger partial charge in [-0.1, -0.05) is 13.0 Å². The maximum atomic E-state index is 12.6. The molecule has 0 saturated carbocycles. The molecule has 0 saturated heterocycles. The Kier molecular flexibility index (Phi) is 5.72. The van der Waals surface area contributed by atoms with Gasteiger partial charge in [0.25, 0.3) is 5.91 Å². The van der Waals surface area contributed by atoms with E-state index in [2.05, 4.69) is 5.32 Å². The van der Waals surface area contributed by atoms with E-state index in [4.69, 9.17) is 4.74 Å². The van der Waals surface area contributed by atoms with Gasteiger partial charge in [0.15, 0.2) is 6.04 Å². The van der Waals surface area contributed by atoms with Gasteiger partial charge in [-0.25, -0.2) is 4.79 Å². The third-order valence-corrected chi connectivity index (χ3v) is 3.76. The Labute approximate surface area is 132 Å².